The maximum Gasteiger partial charge on any atom is 0.325 e. The Morgan fingerprint density at radius 2 is 1.71 bits per heavy atom. The zero-order chi connectivity index (χ0) is 16.0. The fourth-order valence-electron chi connectivity index (χ4n) is 2.01. The smallest absolute Gasteiger partial charge is 0.325 e. The molecule has 114 valence electrons. The Morgan fingerprint density at radius 1 is 1.14 bits per heavy atom. The summed E-state index contributed by atoms with van der Waals surface area (Å²) >= 11 is 0. The molecule has 0 saturated carbocycles. The topological polar surface area (TPSA) is 83.5 Å². The number of carbonyl (C=O) groups is 3. The van der Waals surface area contributed by atoms with E-state index in [-0.39, 0.29) is 24.5 Å². The molecule has 2 N–H and O–H groups in total. The SMILES string of the molecule is C[C@H](NC(=O)CC(C)(C)CC(=O)c1ccccc1)C(=O)O. The maximum absolute atomic E-state index is 12.1. The van der Waals surface area contributed by atoms with Crippen molar-refractivity contribution in [1.29, 1.82) is 0 Å². The number of carboxylic acid groups (broad SMARTS) is 1. The van der Waals surface area contributed by atoms with Crippen LogP contribution in [0.25, 0.3) is 0 Å². The fraction of sp³-hybridized carbons (Fsp3) is 0.438. The third-order valence-corrected chi connectivity index (χ3v) is 3.12. The Bertz CT molecular complexity index is 522. The highest BCUT2D eigenvalue weighted by atomic mass is 16.4. The van der Waals surface area contributed by atoms with Gasteiger partial charge in [0.05, 0.1) is 0 Å². The normalized spacial score (nSPS) is 12.5. The molecule has 0 bridgehead atoms. The molecule has 0 unspecified atom stereocenters. The van der Waals surface area contributed by atoms with Crippen molar-refractivity contribution in [3.8, 4) is 0 Å². The highest BCUT2D eigenvalue weighted by Gasteiger charge is 2.27. The van der Waals surface area contributed by atoms with Crippen molar-refractivity contribution in [3.63, 3.8) is 0 Å². The van der Waals surface area contributed by atoms with Crippen LogP contribution in [-0.4, -0.2) is 28.8 Å². The third-order valence-electron chi connectivity index (χ3n) is 3.12. The van der Waals surface area contributed by atoms with Gasteiger partial charge in [-0.3, -0.25) is 14.4 Å². The molecule has 5 heteroatoms. The largest absolute Gasteiger partial charge is 0.480 e. The average molecular weight is 291 g/mol. The monoisotopic (exact) mass is 291 g/mol. The third kappa shape index (κ3) is 5.77. The van der Waals surface area contributed by atoms with Gasteiger partial charge in [0, 0.05) is 18.4 Å². The lowest BCUT2D eigenvalue weighted by Crippen LogP contribution is -2.40. The van der Waals surface area contributed by atoms with E-state index >= 15 is 0 Å². The summed E-state index contributed by atoms with van der Waals surface area (Å²) in [5, 5.41) is 11.2. The van der Waals surface area contributed by atoms with Crippen LogP contribution in [0.5, 0.6) is 0 Å². The van der Waals surface area contributed by atoms with Crippen LogP contribution in [0.15, 0.2) is 30.3 Å². The minimum absolute atomic E-state index is 0.0281. The van der Waals surface area contributed by atoms with Crippen molar-refractivity contribution in [2.24, 2.45) is 5.41 Å². The van der Waals surface area contributed by atoms with E-state index in [1.807, 2.05) is 19.9 Å². The minimum Gasteiger partial charge on any atom is -0.480 e. The number of ketones is 1. The second kappa shape index (κ2) is 7.02. The summed E-state index contributed by atoms with van der Waals surface area (Å²) in [7, 11) is 0. The van der Waals surface area contributed by atoms with Crippen molar-refractivity contribution in [2.75, 3.05) is 0 Å². The van der Waals surface area contributed by atoms with E-state index in [2.05, 4.69) is 5.32 Å². The van der Waals surface area contributed by atoms with Gasteiger partial charge in [-0.15, -0.1) is 0 Å². The molecule has 0 spiro atoms. The molecule has 21 heavy (non-hydrogen) atoms. The number of carboxylic acids is 1. The Morgan fingerprint density at radius 3 is 2.24 bits per heavy atom. The standard InChI is InChI=1S/C16H21NO4/c1-11(15(20)21)17-14(19)10-16(2,3)9-13(18)12-7-5-4-6-8-12/h4-8,11H,9-10H2,1-3H3,(H,17,19)(H,20,21)/t11-/m0/s1. The van der Waals surface area contributed by atoms with E-state index in [0.29, 0.717) is 5.56 Å². The molecule has 0 heterocycles. The van der Waals surface area contributed by atoms with Gasteiger partial charge in [0.2, 0.25) is 5.91 Å². The van der Waals surface area contributed by atoms with Crippen LogP contribution in [0, 0.1) is 5.41 Å². The van der Waals surface area contributed by atoms with E-state index in [9.17, 15) is 14.4 Å². The number of nitrogens with one attached hydrogen (secondary N) is 1. The molecule has 1 amide bonds. The van der Waals surface area contributed by atoms with Gasteiger partial charge < -0.3 is 10.4 Å². The lowest BCUT2D eigenvalue weighted by molar-refractivity contribution is -0.141. The summed E-state index contributed by atoms with van der Waals surface area (Å²) in [6.07, 6.45) is 0.328. The molecule has 0 fully saturated rings. The molecule has 0 saturated heterocycles. The number of aliphatic carboxylic acids is 1. The first-order chi connectivity index (χ1) is 9.71. The Kier molecular flexibility index (Phi) is 5.64. The first-order valence-electron chi connectivity index (χ1n) is 6.82. The lowest BCUT2D eigenvalue weighted by Gasteiger charge is -2.23. The Balaban J connectivity index is 2.59. The number of hydrogen-bond donors (Lipinski definition) is 2. The second-order valence-corrected chi connectivity index (χ2v) is 5.93. The molecule has 0 aliphatic carbocycles. The van der Waals surface area contributed by atoms with Gasteiger partial charge in [-0.2, -0.15) is 0 Å². The number of rotatable bonds is 7. The van der Waals surface area contributed by atoms with Crippen LogP contribution in [0.4, 0.5) is 0 Å². The molecular weight excluding hydrogens is 270 g/mol. The van der Waals surface area contributed by atoms with Crippen molar-refractivity contribution < 1.29 is 19.5 Å². The zero-order valence-corrected chi connectivity index (χ0v) is 12.6. The fourth-order valence-corrected chi connectivity index (χ4v) is 2.01. The first kappa shape index (κ1) is 16.9. The van der Waals surface area contributed by atoms with Gasteiger partial charge >= 0.3 is 5.97 Å². The van der Waals surface area contributed by atoms with Crippen LogP contribution < -0.4 is 5.32 Å². The molecule has 0 aromatic heterocycles. The first-order valence-corrected chi connectivity index (χ1v) is 6.82. The summed E-state index contributed by atoms with van der Waals surface area (Å²) in [6.45, 7) is 5.04. The van der Waals surface area contributed by atoms with Crippen LogP contribution in [0.3, 0.4) is 0 Å². The number of carbonyl (C=O) groups excluding carboxylic acids is 2. The highest BCUT2D eigenvalue weighted by molar-refractivity contribution is 5.96. The highest BCUT2D eigenvalue weighted by Crippen LogP contribution is 2.27. The Hall–Kier alpha value is -2.17. The number of benzene rings is 1. The molecule has 0 aliphatic rings. The summed E-state index contributed by atoms with van der Waals surface area (Å²) in [4.78, 5) is 34.6. The number of amides is 1. The van der Waals surface area contributed by atoms with E-state index in [1.54, 1.807) is 24.3 Å². The van der Waals surface area contributed by atoms with Crippen LogP contribution in [0.2, 0.25) is 0 Å². The van der Waals surface area contributed by atoms with Gasteiger partial charge in [-0.1, -0.05) is 44.2 Å². The van der Waals surface area contributed by atoms with Crippen LogP contribution in [0.1, 0.15) is 44.0 Å². The van der Waals surface area contributed by atoms with Crippen molar-refractivity contribution in [3.05, 3.63) is 35.9 Å². The van der Waals surface area contributed by atoms with Gasteiger partial charge in [0.1, 0.15) is 6.04 Å². The van der Waals surface area contributed by atoms with Crippen molar-refractivity contribution >= 4 is 17.7 Å². The summed E-state index contributed by atoms with van der Waals surface area (Å²) < 4.78 is 0. The zero-order valence-electron chi connectivity index (χ0n) is 12.6. The van der Waals surface area contributed by atoms with Crippen molar-refractivity contribution in [2.45, 2.75) is 39.7 Å². The summed E-state index contributed by atoms with van der Waals surface area (Å²) in [5.41, 5.74) is 0.0831. The van der Waals surface area contributed by atoms with Crippen LogP contribution in [-0.2, 0) is 9.59 Å². The molecule has 0 radical (unpaired) electrons. The van der Waals surface area contributed by atoms with E-state index in [4.69, 9.17) is 5.11 Å². The number of hydrogen-bond acceptors (Lipinski definition) is 3. The maximum atomic E-state index is 12.1. The minimum atomic E-state index is -1.08. The van der Waals surface area contributed by atoms with E-state index in [0.717, 1.165) is 0 Å². The predicted molar refractivity (Wildman–Crippen MR) is 79.0 cm³/mol. The molecule has 1 atom stereocenters. The average Bonchev–Trinajstić information content (AvgIpc) is 2.38. The molecular formula is C16H21NO4. The molecule has 0 aliphatic heterocycles. The quantitative estimate of drug-likeness (QED) is 0.755. The summed E-state index contributed by atoms with van der Waals surface area (Å²) in [5.74, 6) is -1.48. The molecule has 1 rings (SSSR count). The molecule has 1 aromatic rings. The van der Waals surface area contributed by atoms with Gasteiger partial charge in [0.25, 0.3) is 0 Å². The van der Waals surface area contributed by atoms with E-state index in [1.165, 1.54) is 6.92 Å². The van der Waals surface area contributed by atoms with E-state index < -0.39 is 17.4 Å². The van der Waals surface area contributed by atoms with Gasteiger partial charge in [-0.25, -0.2) is 0 Å². The Labute approximate surface area is 124 Å². The van der Waals surface area contributed by atoms with Crippen LogP contribution >= 0.6 is 0 Å². The molecule has 1 aromatic carbocycles. The van der Waals surface area contributed by atoms with Crippen molar-refractivity contribution in [1.82, 2.24) is 5.32 Å². The molecule has 5 nitrogen and oxygen atoms in total. The summed E-state index contributed by atoms with van der Waals surface area (Å²) in [6, 6.07) is 7.97. The predicted octanol–water partition coefficient (Wildman–Crippen LogP) is 2.27. The van der Waals surface area contributed by atoms with Gasteiger partial charge in [-0.05, 0) is 12.3 Å². The van der Waals surface area contributed by atoms with Gasteiger partial charge in [0.15, 0.2) is 5.78 Å². The second-order valence-electron chi connectivity index (χ2n) is 5.93. The lowest BCUT2D eigenvalue weighted by atomic mass is 9.82. The number of Topliss-reactive ketones (excluding diaryl/α,β-unsaturated/α-hetero) is 1.